The van der Waals surface area contributed by atoms with E-state index in [1.165, 1.54) is 0 Å². The van der Waals surface area contributed by atoms with E-state index in [1.807, 2.05) is 24.3 Å². The molecule has 23 heavy (non-hydrogen) atoms. The molecule has 0 saturated carbocycles. The van der Waals surface area contributed by atoms with Crippen LogP contribution in [0.25, 0.3) is 10.9 Å². The summed E-state index contributed by atoms with van der Waals surface area (Å²) in [6.07, 6.45) is 3.44. The zero-order valence-electron chi connectivity index (χ0n) is 13.2. The van der Waals surface area contributed by atoms with Crippen molar-refractivity contribution in [2.75, 3.05) is 25.2 Å². The Morgan fingerprint density at radius 2 is 2.17 bits per heavy atom. The minimum absolute atomic E-state index is 0.116. The van der Waals surface area contributed by atoms with Crippen molar-refractivity contribution in [3.8, 4) is 0 Å². The summed E-state index contributed by atoms with van der Waals surface area (Å²) in [5.41, 5.74) is 1.81. The molecular weight excluding hydrogens is 314 g/mol. The molecule has 0 radical (unpaired) electrons. The van der Waals surface area contributed by atoms with E-state index in [0.29, 0.717) is 18.4 Å². The van der Waals surface area contributed by atoms with E-state index in [4.69, 9.17) is 21.1 Å². The van der Waals surface area contributed by atoms with Gasteiger partial charge in [-0.2, -0.15) is 0 Å². The molecule has 0 saturated heterocycles. The Morgan fingerprint density at radius 3 is 2.96 bits per heavy atom. The van der Waals surface area contributed by atoms with Gasteiger partial charge < -0.3 is 20.1 Å². The number of pyridine rings is 1. The predicted molar refractivity (Wildman–Crippen MR) is 92.4 cm³/mol. The number of halogens is 1. The van der Waals surface area contributed by atoms with Gasteiger partial charge in [0.1, 0.15) is 12.0 Å². The van der Waals surface area contributed by atoms with Crippen LogP contribution in [-0.4, -0.2) is 30.4 Å². The van der Waals surface area contributed by atoms with Crippen LogP contribution in [0.3, 0.4) is 0 Å². The van der Waals surface area contributed by atoms with Crippen molar-refractivity contribution >= 4 is 28.2 Å². The lowest BCUT2D eigenvalue weighted by atomic mass is 10.1. The highest BCUT2D eigenvalue weighted by Crippen LogP contribution is 2.24. The number of hydrogen-bond acceptors (Lipinski definition) is 5. The molecule has 0 aliphatic carbocycles. The van der Waals surface area contributed by atoms with E-state index < -0.39 is 0 Å². The first-order valence-corrected chi connectivity index (χ1v) is 7.88. The third-order valence-electron chi connectivity index (χ3n) is 3.69. The summed E-state index contributed by atoms with van der Waals surface area (Å²) in [5, 5.41) is 8.69. The van der Waals surface area contributed by atoms with E-state index in [2.05, 4.69) is 29.5 Å². The van der Waals surface area contributed by atoms with E-state index in [0.717, 1.165) is 28.9 Å². The Bertz CT molecular complexity index is 731. The fourth-order valence-corrected chi connectivity index (χ4v) is 2.51. The number of nitrogens with zero attached hydrogens (tertiary/aromatic N) is 1. The quantitative estimate of drug-likeness (QED) is 0.847. The molecule has 2 N–H and O–H groups in total. The molecule has 1 aliphatic heterocycles. The lowest BCUT2D eigenvalue weighted by molar-refractivity contribution is 0.0780. The van der Waals surface area contributed by atoms with Crippen molar-refractivity contribution < 1.29 is 9.47 Å². The number of rotatable bonds is 6. The second-order valence-corrected chi connectivity index (χ2v) is 6.56. The van der Waals surface area contributed by atoms with Crippen LogP contribution in [0.1, 0.15) is 13.8 Å². The minimum atomic E-state index is -0.116. The van der Waals surface area contributed by atoms with Crippen LogP contribution in [0, 0.1) is 0 Å². The normalized spacial score (nSPS) is 14.3. The minimum Gasteiger partial charge on any atom is -0.462 e. The standard InChI is InChI=1S/C17H20ClN3O2/c1-17(2,21-8-13-9-22-11-23-13)10-20-15-5-6-19-16-7-12(18)3-4-14(15)16/h3-7,9,21H,8,10-11H2,1-2H3,(H,19,20). The van der Waals surface area contributed by atoms with Crippen LogP contribution in [0.15, 0.2) is 42.5 Å². The second-order valence-electron chi connectivity index (χ2n) is 6.12. The zero-order valence-corrected chi connectivity index (χ0v) is 14.0. The topological polar surface area (TPSA) is 55.4 Å². The molecule has 1 aromatic heterocycles. The summed E-state index contributed by atoms with van der Waals surface area (Å²) in [7, 11) is 0. The third kappa shape index (κ3) is 4.06. The molecule has 1 aromatic carbocycles. The first-order chi connectivity index (χ1) is 11.0. The van der Waals surface area contributed by atoms with E-state index in [1.54, 1.807) is 12.5 Å². The average Bonchev–Trinajstić information content (AvgIpc) is 3.04. The molecule has 0 amide bonds. The van der Waals surface area contributed by atoms with Gasteiger partial charge in [-0.05, 0) is 38.1 Å². The Kier molecular flexibility index (Phi) is 4.59. The zero-order chi connectivity index (χ0) is 16.3. The highest BCUT2D eigenvalue weighted by Gasteiger charge is 2.19. The monoisotopic (exact) mass is 333 g/mol. The maximum Gasteiger partial charge on any atom is 0.229 e. The summed E-state index contributed by atoms with van der Waals surface area (Å²) in [5.74, 6) is 0.821. The van der Waals surface area contributed by atoms with Crippen LogP contribution in [0.5, 0.6) is 0 Å². The van der Waals surface area contributed by atoms with Crippen molar-refractivity contribution in [2.24, 2.45) is 0 Å². The second kappa shape index (κ2) is 6.64. The molecular formula is C17H20ClN3O2. The number of anilines is 1. The highest BCUT2D eigenvalue weighted by molar-refractivity contribution is 6.31. The smallest absolute Gasteiger partial charge is 0.229 e. The van der Waals surface area contributed by atoms with Gasteiger partial charge in [0.2, 0.25) is 6.79 Å². The fraction of sp³-hybridized carbons (Fsp3) is 0.353. The first kappa shape index (κ1) is 15.9. The number of nitrogens with one attached hydrogen (secondary N) is 2. The van der Waals surface area contributed by atoms with Gasteiger partial charge in [-0.3, -0.25) is 4.98 Å². The SMILES string of the molecule is CC(C)(CNc1ccnc2cc(Cl)ccc12)NCC1=COCO1. The van der Waals surface area contributed by atoms with Crippen LogP contribution in [0.2, 0.25) is 5.02 Å². The molecule has 0 unspecified atom stereocenters. The summed E-state index contributed by atoms with van der Waals surface area (Å²) in [6, 6.07) is 7.71. The maximum atomic E-state index is 6.03. The van der Waals surface area contributed by atoms with Crippen molar-refractivity contribution in [3.63, 3.8) is 0 Å². The fourth-order valence-electron chi connectivity index (χ4n) is 2.34. The van der Waals surface area contributed by atoms with E-state index in [-0.39, 0.29) is 5.54 Å². The number of hydrogen-bond donors (Lipinski definition) is 2. The van der Waals surface area contributed by atoms with Crippen LogP contribution in [0.4, 0.5) is 5.69 Å². The predicted octanol–water partition coefficient (Wildman–Crippen LogP) is 3.51. The van der Waals surface area contributed by atoms with Gasteiger partial charge in [-0.1, -0.05) is 11.6 Å². The van der Waals surface area contributed by atoms with E-state index >= 15 is 0 Å². The van der Waals surface area contributed by atoms with Crippen LogP contribution < -0.4 is 10.6 Å². The summed E-state index contributed by atoms with van der Waals surface area (Å²) in [4.78, 5) is 4.36. The van der Waals surface area contributed by atoms with Crippen molar-refractivity contribution in [1.82, 2.24) is 10.3 Å². The average molecular weight is 334 g/mol. The molecule has 122 valence electrons. The molecule has 2 aromatic rings. The number of fused-ring (bicyclic) bond motifs is 1. The summed E-state index contributed by atoms with van der Waals surface area (Å²) < 4.78 is 10.4. The Morgan fingerprint density at radius 1 is 1.30 bits per heavy atom. The van der Waals surface area contributed by atoms with Gasteiger partial charge in [-0.25, -0.2) is 0 Å². The summed E-state index contributed by atoms with van der Waals surface area (Å²) in [6.45, 7) is 5.97. The number of aromatic nitrogens is 1. The lowest BCUT2D eigenvalue weighted by Gasteiger charge is -2.27. The highest BCUT2D eigenvalue weighted by atomic mass is 35.5. The van der Waals surface area contributed by atoms with E-state index in [9.17, 15) is 0 Å². The Balaban J connectivity index is 1.65. The maximum absolute atomic E-state index is 6.03. The van der Waals surface area contributed by atoms with Gasteiger partial charge in [0.05, 0.1) is 12.1 Å². The van der Waals surface area contributed by atoms with Crippen molar-refractivity contribution in [2.45, 2.75) is 19.4 Å². The van der Waals surface area contributed by atoms with Gasteiger partial charge in [0.25, 0.3) is 0 Å². The lowest BCUT2D eigenvalue weighted by Crippen LogP contribution is -2.46. The third-order valence-corrected chi connectivity index (χ3v) is 3.93. The Hall–Kier alpha value is -1.98. The van der Waals surface area contributed by atoms with Crippen LogP contribution >= 0.6 is 11.6 Å². The molecule has 2 heterocycles. The van der Waals surface area contributed by atoms with Gasteiger partial charge in [0.15, 0.2) is 0 Å². The number of ether oxygens (including phenoxy) is 2. The van der Waals surface area contributed by atoms with Crippen molar-refractivity contribution in [1.29, 1.82) is 0 Å². The molecule has 0 fully saturated rings. The van der Waals surface area contributed by atoms with Gasteiger partial charge in [0, 0.05) is 34.4 Å². The molecule has 0 spiro atoms. The molecule has 6 heteroatoms. The summed E-state index contributed by atoms with van der Waals surface area (Å²) >= 11 is 6.03. The van der Waals surface area contributed by atoms with Gasteiger partial charge >= 0.3 is 0 Å². The molecule has 3 rings (SSSR count). The molecule has 0 bridgehead atoms. The van der Waals surface area contributed by atoms with Crippen molar-refractivity contribution in [3.05, 3.63) is 47.5 Å². The largest absolute Gasteiger partial charge is 0.462 e. The first-order valence-electron chi connectivity index (χ1n) is 7.50. The molecule has 0 atom stereocenters. The van der Waals surface area contributed by atoms with Gasteiger partial charge in [-0.15, -0.1) is 0 Å². The molecule has 5 nitrogen and oxygen atoms in total. The number of benzene rings is 1. The Labute approximate surface area is 140 Å². The van der Waals surface area contributed by atoms with Crippen LogP contribution in [-0.2, 0) is 9.47 Å². The molecule has 1 aliphatic rings.